The first-order valence-corrected chi connectivity index (χ1v) is 11.2. The van der Waals surface area contributed by atoms with Gasteiger partial charge in [0, 0.05) is 25.4 Å². The standard InChI is InChI=1S/C23H24F5N7O/c1-13-4-5-18(35-32-8-15(3)33-35)17(6-13)20(36)34-12-22(24,25)7-14(2)19(34)11-31-21-29-9-16(10-30-21)23(26,27)28/h4-6,8-10,14,19H,7,11-12H2,1-3H3,(H,29,30,31)/t14-,19-/m1/s1. The molecule has 8 nitrogen and oxygen atoms in total. The van der Waals surface area contributed by atoms with Crippen LogP contribution in [0.5, 0.6) is 0 Å². The summed E-state index contributed by atoms with van der Waals surface area (Å²) in [5, 5.41) is 11.2. The molecular formula is C23H24F5N7O. The maximum Gasteiger partial charge on any atom is 0.419 e. The molecule has 0 unspecified atom stereocenters. The summed E-state index contributed by atoms with van der Waals surface area (Å²) in [4.78, 5) is 23.4. The predicted octanol–water partition coefficient (Wildman–Crippen LogP) is 4.29. The molecule has 13 heteroatoms. The zero-order valence-corrected chi connectivity index (χ0v) is 19.7. The SMILES string of the molecule is Cc1ccc(-n2ncc(C)n2)c(C(=O)N2CC(F)(F)C[C@@H](C)[C@H]2CNc2ncc(C(F)(F)F)cn2)c1. The van der Waals surface area contributed by atoms with Crippen molar-refractivity contribution in [3.63, 3.8) is 0 Å². The average Bonchev–Trinajstić information content (AvgIpc) is 3.22. The van der Waals surface area contributed by atoms with E-state index < -0.39 is 48.5 Å². The maximum absolute atomic E-state index is 14.6. The number of rotatable bonds is 5. The number of anilines is 1. The van der Waals surface area contributed by atoms with Gasteiger partial charge in [0.15, 0.2) is 0 Å². The van der Waals surface area contributed by atoms with Gasteiger partial charge in [0.1, 0.15) is 0 Å². The quantitative estimate of drug-likeness (QED) is 0.517. The van der Waals surface area contributed by atoms with Crippen molar-refractivity contribution in [2.75, 3.05) is 18.4 Å². The molecule has 0 spiro atoms. The first kappa shape index (κ1) is 25.5. The Balaban J connectivity index is 1.63. The normalized spacial score (nSPS) is 19.8. The van der Waals surface area contributed by atoms with Gasteiger partial charge in [-0.3, -0.25) is 4.79 Å². The molecule has 1 amide bonds. The van der Waals surface area contributed by atoms with Crippen LogP contribution in [0.15, 0.2) is 36.8 Å². The first-order chi connectivity index (χ1) is 16.8. The molecule has 3 aromatic rings. The Bertz CT molecular complexity index is 1240. The molecule has 3 heterocycles. The third-order valence-electron chi connectivity index (χ3n) is 5.99. The molecule has 36 heavy (non-hydrogen) atoms. The van der Waals surface area contributed by atoms with Gasteiger partial charge in [-0.05, 0) is 31.9 Å². The number of carbonyl (C=O) groups excluding carboxylic acids is 1. The summed E-state index contributed by atoms with van der Waals surface area (Å²) in [5.41, 5.74) is 0.857. The lowest BCUT2D eigenvalue weighted by atomic mass is 9.87. The third kappa shape index (κ3) is 5.44. The summed E-state index contributed by atoms with van der Waals surface area (Å²) in [7, 11) is 0. The second kappa shape index (κ2) is 9.43. The number of likely N-dealkylation sites (tertiary alicyclic amines) is 1. The van der Waals surface area contributed by atoms with Crippen LogP contribution in [0, 0.1) is 19.8 Å². The minimum atomic E-state index is -4.58. The monoisotopic (exact) mass is 509 g/mol. The molecule has 1 aliphatic rings. The molecule has 4 rings (SSSR count). The minimum Gasteiger partial charge on any atom is -0.352 e. The van der Waals surface area contributed by atoms with E-state index in [4.69, 9.17) is 0 Å². The van der Waals surface area contributed by atoms with Crippen LogP contribution < -0.4 is 5.32 Å². The lowest BCUT2D eigenvalue weighted by Gasteiger charge is -2.43. The predicted molar refractivity (Wildman–Crippen MR) is 120 cm³/mol. The number of piperidine rings is 1. The fraction of sp³-hybridized carbons (Fsp3) is 0.435. The van der Waals surface area contributed by atoms with E-state index in [0.29, 0.717) is 23.8 Å². The molecule has 1 N–H and O–H groups in total. The van der Waals surface area contributed by atoms with Gasteiger partial charge in [-0.1, -0.05) is 18.6 Å². The van der Waals surface area contributed by atoms with Crippen molar-refractivity contribution in [1.82, 2.24) is 29.9 Å². The van der Waals surface area contributed by atoms with Crippen LogP contribution in [0.4, 0.5) is 27.9 Å². The van der Waals surface area contributed by atoms with Gasteiger partial charge in [0.25, 0.3) is 11.8 Å². The Kier molecular flexibility index (Phi) is 6.67. The molecule has 2 atom stereocenters. The van der Waals surface area contributed by atoms with Crippen LogP contribution in [0.25, 0.3) is 5.69 Å². The smallest absolute Gasteiger partial charge is 0.352 e. The molecule has 0 aliphatic carbocycles. The van der Waals surface area contributed by atoms with Gasteiger partial charge in [-0.25, -0.2) is 18.7 Å². The Morgan fingerprint density at radius 2 is 1.86 bits per heavy atom. The number of benzene rings is 1. The lowest BCUT2D eigenvalue weighted by molar-refractivity contribution is -0.138. The van der Waals surface area contributed by atoms with Crippen LogP contribution in [0.3, 0.4) is 0 Å². The number of nitrogens with one attached hydrogen (secondary N) is 1. The maximum atomic E-state index is 14.6. The van der Waals surface area contributed by atoms with E-state index in [1.807, 2.05) is 0 Å². The number of alkyl halides is 5. The molecule has 1 fully saturated rings. The van der Waals surface area contributed by atoms with Crippen molar-refractivity contribution >= 4 is 11.9 Å². The van der Waals surface area contributed by atoms with Crippen LogP contribution >= 0.6 is 0 Å². The van der Waals surface area contributed by atoms with Gasteiger partial charge in [-0.15, -0.1) is 0 Å². The summed E-state index contributed by atoms with van der Waals surface area (Å²) in [6.45, 7) is 4.26. The Morgan fingerprint density at radius 3 is 2.47 bits per heavy atom. The van der Waals surface area contributed by atoms with Crippen molar-refractivity contribution in [1.29, 1.82) is 0 Å². The number of halogens is 5. The van der Waals surface area contributed by atoms with E-state index in [0.717, 1.165) is 10.5 Å². The van der Waals surface area contributed by atoms with E-state index in [9.17, 15) is 26.7 Å². The molecule has 1 aliphatic heterocycles. The molecule has 1 aromatic carbocycles. The second-order valence-corrected chi connectivity index (χ2v) is 9.01. The van der Waals surface area contributed by atoms with Gasteiger partial charge in [0.2, 0.25) is 5.95 Å². The second-order valence-electron chi connectivity index (χ2n) is 9.01. The Labute approximate surface area is 203 Å². The summed E-state index contributed by atoms with van der Waals surface area (Å²) >= 11 is 0. The van der Waals surface area contributed by atoms with E-state index in [-0.39, 0.29) is 18.1 Å². The van der Waals surface area contributed by atoms with Crippen molar-refractivity contribution in [3.05, 3.63) is 59.2 Å². The molecule has 0 radical (unpaired) electrons. The van der Waals surface area contributed by atoms with Crippen molar-refractivity contribution in [2.24, 2.45) is 5.92 Å². The number of nitrogens with zero attached hydrogens (tertiary/aromatic N) is 6. The number of aromatic nitrogens is 5. The molecular weight excluding hydrogens is 485 g/mol. The zero-order valence-electron chi connectivity index (χ0n) is 19.7. The summed E-state index contributed by atoms with van der Waals surface area (Å²) < 4.78 is 67.5. The van der Waals surface area contributed by atoms with Crippen LogP contribution in [-0.4, -0.2) is 60.8 Å². The van der Waals surface area contributed by atoms with Gasteiger partial charge < -0.3 is 10.2 Å². The summed E-state index contributed by atoms with van der Waals surface area (Å²) in [6.07, 6.45) is -2.25. The highest BCUT2D eigenvalue weighted by Crippen LogP contribution is 2.36. The van der Waals surface area contributed by atoms with Crippen LogP contribution in [0.2, 0.25) is 0 Å². The Hall–Kier alpha value is -3.64. The number of aryl methyl sites for hydroxylation is 2. The summed E-state index contributed by atoms with van der Waals surface area (Å²) in [6, 6.07) is 4.30. The van der Waals surface area contributed by atoms with E-state index in [1.54, 1.807) is 39.0 Å². The van der Waals surface area contributed by atoms with Crippen molar-refractivity contribution in [3.8, 4) is 5.69 Å². The topological polar surface area (TPSA) is 88.8 Å². The fourth-order valence-corrected chi connectivity index (χ4v) is 4.25. The zero-order chi connectivity index (χ0) is 26.3. The number of carbonyl (C=O) groups is 1. The van der Waals surface area contributed by atoms with E-state index in [2.05, 4.69) is 25.5 Å². The lowest BCUT2D eigenvalue weighted by Crippen LogP contribution is -2.57. The summed E-state index contributed by atoms with van der Waals surface area (Å²) in [5.74, 6) is -4.47. The molecule has 192 valence electrons. The van der Waals surface area contributed by atoms with Crippen LogP contribution in [0.1, 0.15) is 40.5 Å². The van der Waals surface area contributed by atoms with E-state index >= 15 is 0 Å². The Morgan fingerprint density at radius 1 is 1.17 bits per heavy atom. The molecule has 0 bridgehead atoms. The average molecular weight is 509 g/mol. The van der Waals surface area contributed by atoms with Crippen molar-refractivity contribution in [2.45, 2.75) is 45.3 Å². The fourth-order valence-electron chi connectivity index (χ4n) is 4.25. The minimum absolute atomic E-state index is 0.0331. The highest BCUT2D eigenvalue weighted by molar-refractivity contribution is 5.98. The number of hydrogen-bond acceptors (Lipinski definition) is 6. The number of amides is 1. The molecule has 0 saturated carbocycles. The number of hydrogen-bond donors (Lipinski definition) is 1. The largest absolute Gasteiger partial charge is 0.419 e. The first-order valence-electron chi connectivity index (χ1n) is 11.2. The molecule has 1 saturated heterocycles. The van der Waals surface area contributed by atoms with Gasteiger partial charge in [-0.2, -0.15) is 28.2 Å². The molecule has 2 aromatic heterocycles. The van der Waals surface area contributed by atoms with Crippen LogP contribution in [-0.2, 0) is 6.18 Å². The third-order valence-corrected chi connectivity index (χ3v) is 5.99. The van der Waals surface area contributed by atoms with E-state index in [1.165, 1.54) is 11.0 Å². The van der Waals surface area contributed by atoms with Gasteiger partial charge in [0.05, 0.1) is 41.3 Å². The van der Waals surface area contributed by atoms with Gasteiger partial charge >= 0.3 is 6.18 Å². The highest BCUT2D eigenvalue weighted by atomic mass is 19.4. The van der Waals surface area contributed by atoms with Crippen molar-refractivity contribution < 1.29 is 26.7 Å². The highest BCUT2D eigenvalue weighted by Gasteiger charge is 2.46.